The van der Waals surface area contributed by atoms with E-state index in [2.05, 4.69) is 29.1 Å². The van der Waals surface area contributed by atoms with Crippen LogP contribution < -0.4 is 11.1 Å². The van der Waals surface area contributed by atoms with Crippen LogP contribution in [0.25, 0.3) is 0 Å². The maximum Gasteiger partial charge on any atom is 0.222 e. The molecule has 1 aromatic rings. The van der Waals surface area contributed by atoms with E-state index in [1.807, 2.05) is 0 Å². The van der Waals surface area contributed by atoms with Gasteiger partial charge in [-0.25, -0.2) is 4.98 Å². The van der Waals surface area contributed by atoms with Crippen molar-refractivity contribution < 1.29 is 0 Å². The molecule has 0 amide bonds. The van der Waals surface area contributed by atoms with Crippen LogP contribution in [0.5, 0.6) is 0 Å². The molecule has 0 aliphatic carbocycles. The Morgan fingerprint density at radius 2 is 2.31 bits per heavy atom. The van der Waals surface area contributed by atoms with E-state index in [0.717, 1.165) is 6.54 Å². The molecular weight excluding hydrogens is 188 g/mol. The van der Waals surface area contributed by atoms with Gasteiger partial charge in [-0.3, -0.25) is 0 Å². The number of nitrogens with two attached hydrogens (primary N) is 1. The summed E-state index contributed by atoms with van der Waals surface area (Å²) in [6.07, 6.45) is 1.49. The van der Waals surface area contributed by atoms with Gasteiger partial charge in [0.1, 0.15) is 10.8 Å². The van der Waals surface area contributed by atoms with E-state index in [9.17, 15) is 0 Å². The minimum atomic E-state index is 0.232. The maximum absolute atomic E-state index is 5.84. The fourth-order valence-electron chi connectivity index (χ4n) is 0.806. The van der Waals surface area contributed by atoms with Gasteiger partial charge in [-0.1, -0.05) is 25.4 Å². The van der Waals surface area contributed by atoms with Crippen molar-refractivity contribution in [2.75, 3.05) is 17.6 Å². The van der Waals surface area contributed by atoms with Gasteiger partial charge >= 0.3 is 0 Å². The molecule has 3 N–H and O–H groups in total. The zero-order valence-corrected chi connectivity index (χ0v) is 8.47. The third-order valence-electron chi connectivity index (χ3n) is 1.44. The third-order valence-corrected chi connectivity index (χ3v) is 1.72. The van der Waals surface area contributed by atoms with Gasteiger partial charge in [0.2, 0.25) is 5.95 Å². The summed E-state index contributed by atoms with van der Waals surface area (Å²) < 4.78 is 0. The van der Waals surface area contributed by atoms with E-state index in [4.69, 9.17) is 17.3 Å². The van der Waals surface area contributed by atoms with Crippen LogP contribution in [-0.2, 0) is 0 Å². The molecule has 0 spiro atoms. The van der Waals surface area contributed by atoms with E-state index < -0.39 is 0 Å². The lowest BCUT2D eigenvalue weighted by Crippen LogP contribution is -2.10. The zero-order chi connectivity index (χ0) is 9.84. The molecule has 1 rings (SSSR count). The minimum absolute atomic E-state index is 0.232. The van der Waals surface area contributed by atoms with Crippen LogP contribution in [0.3, 0.4) is 0 Å². The number of nitrogens with zero attached hydrogens (tertiary/aromatic N) is 2. The summed E-state index contributed by atoms with van der Waals surface area (Å²) in [7, 11) is 0. The summed E-state index contributed by atoms with van der Waals surface area (Å²) in [5.74, 6) is 1.37. The molecule has 5 heteroatoms. The smallest absolute Gasteiger partial charge is 0.222 e. The predicted octanol–water partition coefficient (Wildman–Crippen LogP) is 1.78. The number of hydrogen-bond donors (Lipinski definition) is 2. The Labute approximate surface area is 82.5 Å². The van der Waals surface area contributed by atoms with Crippen LogP contribution in [0.15, 0.2) is 6.20 Å². The Bertz CT molecular complexity index is 287. The van der Waals surface area contributed by atoms with Crippen molar-refractivity contribution in [3.63, 3.8) is 0 Å². The maximum atomic E-state index is 5.84. The molecule has 0 saturated heterocycles. The molecule has 0 aliphatic rings. The lowest BCUT2D eigenvalue weighted by Gasteiger charge is -2.09. The third kappa shape index (κ3) is 3.06. The molecule has 0 radical (unpaired) electrons. The summed E-state index contributed by atoms with van der Waals surface area (Å²) >= 11 is 5.84. The summed E-state index contributed by atoms with van der Waals surface area (Å²) in [5, 5.41) is 3.59. The first-order valence-corrected chi connectivity index (χ1v) is 4.49. The van der Waals surface area contributed by atoms with Crippen molar-refractivity contribution in [2.45, 2.75) is 13.8 Å². The van der Waals surface area contributed by atoms with Gasteiger partial charge in [0.15, 0.2) is 0 Å². The van der Waals surface area contributed by atoms with Crippen LogP contribution in [0.4, 0.5) is 11.8 Å². The lowest BCUT2D eigenvalue weighted by atomic mass is 10.2. The minimum Gasteiger partial charge on any atom is -0.368 e. The van der Waals surface area contributed by atoms with Gasteiger partial charge in [0.05, 0.1) is 6.20 Å². The first-order valence-electron chi connectivity index (χ1n) is 4.11. The highest BCUT2D eigenvalue weighted by Gasteiger charge is 2.03. The molecule has 0 aromatic carbocycles. The van der Waals surface area contributed by atoms with Crippen molar-refractivity contribution in [1.29, 1.82) is 0 Å². The molecule has 4 nitrogen and oxygen atoms in total. The molecule has 0 unspecified atom stereocenters. The molecule has 0 fully saturated rings. The second kappa shape index (κ2) is 4.28. The Morgan fingerprint density at radius 1 is 1.62 bits per heavy atom. The van der Waals surface area contributed by atoms with Crippen LogP contribution >= 0.6 is 11.6 Å². The fourth-order valence-corrected chi connectivity index (χ4v) is 0.963. The topological polar surface area (TPSA) is 63.8 Å². The van der Waals surface area contributed by atoms with E-state index in [-0.39, 0.29) is 5.95 Å². The standard InChI is InChI=1S/C8H13ClN4/c1-5(2)3-11-7-6(9)4-12-8(10)13-7/h4-5H,3H2,1-2H3,(H3,10,11,12,13). The molecule has 13 heavy (non-hydrogen) atoms. The Kier molecular flexibility index (Phi) is 3.31. The van der Waals surface area contributed by atoms with E-state index >= 15 is 0 Å². The van der Waals surface area contributed by atoms with Gasteiger partial charge in [-0.2, -0.15) is 4.98 Å². The molecule has 0 saturated carbocycles. The van der Waals surface area contributed by atoms with Crippen molar-refractivity contribution in [3.8, 4) is 0 Å². The average Bonchev–Trinajstić information content (AvgIpc) is 2.06. The molecule has 0 bridgehead atoms. The van der Waals surface area contributed by atoms with Gasteiger partial charge in [-0.05, 0) is 5.92 Å². The van der Waals surface area contributed by atoms with Crippen molar-refractivity contribution in [3.05, 3.63) is 11.2 Å². The van der Waals surface area contributed by atoms with Crippen LogP contribution in [0, 0.1) is 5.92 Å². The van der Waals surface area contributed by atoms with Crippen molar-refractivity contribution in [2.24, 2.45) is 5.92 Å². The Hall–Kier alpha value is -1.03. The summed E-state index contributed by atoms with van der Waals surface area (Å²) in [5.41, 5.74) is 5.41. The highest BCUT2D eigenvalue weighted by molar-refractivity contribution is 6.32. The number of anilines is 2. The molecule has 0 atom stereocenters. The van der Waals surface area contributed by atoms with Gasteiger partial charge in [0, 0.05) is 6.54 Å². The normalized spacial score (nSPS) is 10.5. The van der Waals surface area contributed by atoms with E-state index in [1.54, 1.807) is 0 Å². The average molecular weight is 201 g/mol. The SMILES string of the molecule is CC(C)CNc1nc(N)ncc1Cl. The quantitative estimate of drug-likeness (QED) is 0.781. The van der Waals surface area contributed by atoms with Gasteiger partial charge in [0.25, 0.3) is 0 Å². The first kappa shape index (κ1) is 10.1. The van der Waals surface area contributed by atoms with E-state index in [0.29, 0.717) is 16.8 Å². The monoisotopic (exact) mass is 200 g/mol. The van der Waals surface area contributed by atoms with Gasteiger partial charge in [-0.15, -0.1) is 0 Å². The summed E-state index contributed by atoms with van der Waals surface area (Å²) in [6.45, 7) is 5.02. The number of rotatable bonds is 3. The van der Waals surface area contributed by atoms with Crippen LogP contribution in [-0.4, -0.2) is 16.5 Å². The van der Waals surface area contributed by atoms with Crippen molar-refractivity contribution in [1.82, 2.24) is 9.97 Å². The van der Waals surface area contributed by atoms with Crippen LogP contribution in [0.1, 0.15) is 13.8 Å². The second-order valence-corrected chi connectivity index (χ2v) is 3.61. The van der Waals surface area contributed by atoms with Gasteiger partial charge < -0.3 is 11.1 Å². The number of nitrogens with one attached hydrogen (secondary N) is 1. The summed E-state index contributed by atoms with van der Waals surface area (Å²) in [6, 6.07) is 0. The molecular formula is C8H13ClN4. The second-order valence-electron chi connectivity index (χ2n) is 3.20. The fraction of sp³-hybridized carbons (Fsp3) is 0.500. The number of hydrogen-bond acceptors (Lipinski definition) is 4. The summed E-state index contributed by atoms with van der Waals surface area (Å²) in [4.78, 5) is 7.73. The van der Waals surface area contributed by atoms with E-state index in [1.165, 1.54) is 6.20 Å². The predicted molar refractivity (Wildman–Crippen MR) is 54.8 cm³/mol. The first-order chi connectivity index (χ1) is 6.09. The Morgan fingerprint density at radius 3 is 2.92 bits per heavy atom. The van der Waals surface area contributed by atoms with Crippen LogP contribution in [0.2, 0.25) is 5.02 Å². The Balaban J connectivity index is 2.70. The zero-order valence-electron chi connectivity index (χ0n) is 7.71. The molecule has 0 aliphatic heterocycles. The van der Waals surface area contributed by atoms with Crippen molar-refractivity contribution >= 4 is 23.4 Å². The highest BCUT2D eigenvalue weighted by atomic mass is 35.5. The molecule has 1 heterocycles. The largest absolute Gasteiger partial charge is 0.368 e. The molecule has 72 valence electrons. The number of halogens is 1. The molecule has 1 aromatic heterocycles. The number of nitrogen functional groups attached to an aromatic ring is 1. The highest BCUT2D eigenvalue weighted by Crippen LogP contribution is 2.18. The lowest BCUT2D eigenvalue weighted by molar-refractivity contribution is 0.687. The number of aromatic nitrogens is 2.